The summed E-state index contributed by atoms with van der Waals surface area (Å²) in [6, 6.07) is 34.8. The summed E-state index contributed by atoms with van der Waals surface area (Å²) in [5, 5.41) is 6.12. The van der Waals surface area contributed by atoms with Gasteiger partial charge in [-0.3, -0.25) is 19.3 Å². The molecule has 2 aromatic heterocycles. The zero-order chi connectivity index (χ0) is 30.3. The van der Waals surface area contributed by atoms with Gasteiger partial charge in [-0.2, -0.15) is 0 Å². The molecule has 4 aromatic carbocycles. The smallest absolute Gasteiger partial charge is 0.249 e. The number of benzene rings is 4. The first-order chi connectivity index (χ1) is 21.5. The van der Waals surface area contributed by atoms with Crippen molar-refractivity contribution in [1.82, 2.24) is 14.9 Å². The number of H-pyrrole nitrogens is 1. The van der Waals surface area contributed by atoms with Crippen LogP contribution < -0.4 is 5.32 Å². The number of hydrogen-bond acceptors (Lipinski definition) is 5. The second-order valence-corrected chi connectivity index (χ2v) is 11.3. The number of fused-ring (bicyclic) bond motifs is 1. The molecule has 0 aliphatic carbocycles. The average Bonchev–Trinajstić information content (AvgIpc) is 3.69. The van der Waals surface area contributed by atoms with E-state index in [-0.39, 0.29) is 19.3 Å². The molecule has 0 saturated carbocycles. The molecule has 7 nitrogen and oxygen atoms in total. The van der Waals surface area contributed by atoms with Gasteiger partial charge in [-0.1, -0.05) is 109 Å². The van der Waals surface area contributed by atoms with Crippen molar-refractivity contribution in [3.63, 3.8) is 0 Å². The van der Waals surface area contributed by atoms with Crippen molar-refractivity contribution in [2.75, 3.05) is 5.32 Å². The predicted molar refractivity (Wildman–Crippen MR) is 174 cm³/mol. The number of nitrogens with zero attached hydrogens (tertiary/aromatic N) is 2. The third kappa shape index (κ3) is 6.66. The first-order valence-electron chi connectivity index (χ1n) is 14.3. The molecule has 0 radical (unpaired) electrons. The van der Waals surface area contributed by atoms with Crippen molar-refractivity contribution in [1.29, 1.82) is 0 Å². The predicted octanol–water partition coefficient (Wildman–Crippen LogP) is 6.68. The van der Waals surface area contributed by atoms with Gasteiger partial charge in [-0.05, 0) is 22.8 Å². The maximum Gasteiger partial charge on any atom is 0.249 e. The normalized spacial score (nSPS) is 11.6. The molecule has 0 bridgehead atoms. The molecule has 0 spiro atoms. The molecule has 44 heavy (non-hydrogen) atoms. The van der Waals surface area contributed by atoms with Crippen LogP contribution in [-0.2, 0) is 33.6 Å². The van der Waals surface area contributed by atoms with E-state index in [9.17, 15) is 14.4 Å². The number of amides is 3. The van der Waals surface area contributed by atoms with Gasteiger partial charge in [0.25, 0.3) is 0 Å². The first-order valence-corrected chi connectivity index (χ1v) is 15.2. The number of imide groups is 1. The highest BCUT2D eigenvalue weighted by Gasteiger charge is 2.36. The van der Waals surface area contributed by atoms with Crippen LogP contribution in [0.5, 0.6) is 0 Å². The minimum Gasteiger partial charge on any atom is -0.361 e. The van der Waals surface area contributed by atoms with Gasteiger partial charge < -0.3 is 10.3 Å². The Labute approximate surface area is 259 Å². The summed E-state index contributed by atoms with van der Waals surface area (Å²) in [7, 11) is 0. The third-order valence-corrected chi connectivity index (χ3v) is 8.20. The fourth-order valence-electron chi connectivity index (χ4n) is 5.27. The number of nitrogens with one attached hydrogen (secondary N) is 2. The van der Waals surface area contributed by atoms with Crippen molar-refractivity contribution >= 4 is 45.1 Å². The lowest BCUT2D eigenvalue weighted by molar-refractivity contribution is -0.150. The molecule has 1 atom stereocenters. The van der Waals surface area contributed by atoms with Crippen molar-refractivity contribution < 1.29 is 14.4 Å². The molecule has 2 heterocycles. The minimum atomic E-state index is -1.12. The van der Waals surface area contributed by atoms with Crippen LogP contribution in [0.15, 0.2) is 127 Å². The van der Waals surface area contributed by atoms with Crippen LogP contribution in [0.25, 0.3) is 22.2 Å². The second kappa shape index (κ2) is 13.3. The van der Waals surface area contributed by atoms with Gasteiger partial charge in [0.1, 0.15) is 6.04 Å². The van der Waals surface area contributed by atoms with Crippen molar-refractivity contribution in [2.24, 2.45) is 0 Å². The largest absolute Gasteiger partial charge is 0.361 e. The molecule has 0 saturated heterocycles. The quantitative estimate of drug-likeness (QED) is 0.184. The highest BCUT2D eigenvalue weighted by molar-refractivity contribution is 7.14. The van der Waals surface area contributed by atoms with E-state index in [2.05, 4.69) is 15.3 Å². The van der Waals surface area contributed by atoms with Gasteiger partial charge in [0.15, 0.2) is 5.13 Å². The zero-order valence-electron chi connectivity index (χ0n) is 23.9. The number of thiazole rings is 1. The second-order valence-electron chi connectivity index (χ2n) is 10.5. The molecule has 218 valence electrons. The van der Waals surface area contributed by atoms with Gasteiger partial charge in [0.05, 0.1) is 18.5 Å². The van der Waals surface area contributed by atoms with E-state index in [1.54, 1.807) is 0 Å². The Morgan fingerprint density at radius 1 is 0.750 bits per heavy atom. The number of anilines is 1. The summed E-state index contributed by atoms with van der Waals surface area (Å²) in [4.78, 5) is 51.3. The number of aromatic nitrogens is 2. The summed E-state index contributed by atoms with van der Waals surface area (Å²) >= 11 is 1.30. The third-order valence-electron chi connectivity index (χ3n) is 7.44. The van der Waals surface area contributed by atoms with E-state index in [1.165, 1.54) is 11.3 Å². The van der Waals surface area contributed by atoms with E-state index in [0.717, 1.165) is 43.8 Å². The zero-order valence-corrected chi connectivity index (χ0v) is 24.7. The standard InChI is InChI=1S/C36H30N4O3S/c41-33(20-25-12-4-1-5-13-25)40(34(42)21-26-14-6-2-7-15-26)32(22-28-23-37-30-19-11-10-18-29(28)30)35(43)39-36-38-31(24-44-36)27-16-8-3-9-17-27/h1-19,23-24,32,37H,20-22H2,(H,38,39,43). The van der Waals surface area contributed by atoms with E-state index in [4.69, 9.17) is 0 Å². The molecule has 0 aliphatic rings. The molecule has 0 fully saturated rings. The number of rotatable bonds is 10. The summed E-state index contributed by atoms with van der Waals surface area (Å²) < 4.78 is 0. The lowest BCUT2D eigenvalue weighted by atomic mass is 10.0. The van der Waals surface area contributed by atoms with Crippen molar-refractivity contribution in [3.05, 3.63) is 144 Å². The molecule has 2 N–H and O–H groups in total. The molecule has 6 aromatic rings. The average molecular weight is 599 g/mol. The molecule has 3 amide bonds. The molecular weight excluding hydrogens is 568 g/mol. The maximum atomic E-state index is 14.2. The van der Waals surface area contributed by atoms with E-state index < -0.39 is 23.8 Å². The SMILES string of the molecule is O=C(Nc1nc(-c2ccccc2)cs1)C(Cc1c[nH]c2ccccc12)N(C(=O)Cc1ccccc1)C(=O)Cc1ccccc1. The lowest BCUT2D eigenvalue weighted by Gasteiger charge is -2.29. The lowest BCUT2D eigenvalue weighted by Crippen LogP contribution is -2.52. The van der Waals surface area contributed by atoms with Crippen LogP contribution in [0, 0.1) is 0 Å². The number of aromatic amines is 1. The van der Waals surface area contributed by atoms with Crippen LogP contribution in [0.3, 0.4) is 0 Å². The number of carbonyl (C=O) groups is 3. The minimum absolute atomic E-state index is 0.0194. The summed E-state index contributed by atoms with van der Waals surface area (Å²) in [6.07, 6.45) is 1.93. The summed E-state index contributed by atoms with van der Waals surface area (Å²) in [5.74, 6) is -1.37. The van der Waals surface area contributed by atoms with Gasteiger partial charge in [0.2, 0.25) is 17.7 Å². The summed E-state index contributed by atoms with van der Waals surface area (Å²) in [5.41, 5.74) is 4.91. The van der Waals surface area contributed by atoms with E-state index in [1.807, 2.05) is 127 Å². The Hall–Kier alpha value is -5.34. The highest BCUT2D eigenvalue weighted by Crippen LogP contribution is 2.27. The monoisotopic (exact) mass is 598 g/mol. The van der Waals surface area contributed by atoms with Crippen LogP contribution >= 0.6 is 11.3 Å². The van der Waals surface area contributed by atoms with Crippen LogP contribution in [-0.4, -0.2) is 38.6 Å². The Morgan fingerprint density at radius 2 is 1.32 bits per heavy atom. The maximum absolute atomic E-state index is 14.2. The number of carbonyl (C=O) groups excluding carboxylic acids is 3. The molecule has 8 heteroatoms. The fourth-order valence-corrected chi connectivity index (χ4v) is 5.99. The molecular formula is C36H30N4O3S. The van der Waals surface area contributed by atoms with Gasteiger partial charge in [-0.25, -0.2) is 4.98 Å². The van der Waals surface area contributed by atoms with Gasteiger partial charge in [0, 0.05) is 34.5 Å². The Morgan fingerprint density at radius 3 is 1.95 bits per heavy atom. The van der Waals surface area contributed by atoms with E-state index in [0.29, 0.717) is 5.13 Å². The molecule has 6 rings (SSSR count). The summed E-state index contributed by atoms with van der Waals surface area (Å²) in [6.45, 7) is 0. The Kier molecular flexibility index (Phi) is 8.70. The molecule has 0 aliphatic heterocycles. The Balaban J connectivity index is 1.36. The van der Waals surface area contributed by atoms with Gasteiger partial charge in [-0.15, -0.1) is 11.3 Å². The van der Waals surface area contributed by atoms with Crippen molar-refractivity contribution in [3.8, 4) is 11.3 Å². The van der Waals surface area contributed by atoms with Crippen LogP contribution in [0.4, 0.5) is 5.13 Å². The number of hydrogen-bond donors (Lipinski definition) is 2. The Bertz CT molecular complexity index is 1830. The van der Waals surface area contributed by atoms with Crippen LogP contribution in [0.1, 0.15) is 16.7 Å². The number of para-hydroxylation sites is 1. The van der Waals surface area contributed by atoms with Crippen LogP contribution in [0.2, 0.25) is 0 Å². The topological polar surface area (TPSA) is 95.2 Å². The van der Waals surface area contributed by atoms with Crippen molar-refractivity contribution in [2.45, 2.75) is 25.3 Å². The first kappa shape index (κ1) is 28.8. The fraction of sp³-hybridized carbons (Fsp3) is 0.111. The van der Waals surface area contributed by atoms with E-state index >= 15 is 0 Å². The molecule has 1 unspecified atom stereocenters. The van der Waals surface area contributed by atoms with Gasteiger partial charge >= 0.3 is 0 Å². The highest BCUT2D eigenvalue weighted by atomic mass is 32.1.